The molecule has 0 radical (unpaired) electrons. The first-order valence-electron chi connectivity index (χ1n) is 9.55. The van der Waals surface area contributed by atoms with Gasteiger partial charge in [0, 0.05) is 6.61 Å². The minimum Gasteiger partial charge on any atom is -0.394 e. The maximum absolute atomic E-state index is 10.00. The van der Waals surface area contributed by atoms with Crippen LogP contribution in [-0.2, 0) is 9.47 Å². The molecule has 0 spiro atoms. The molecule has 1 aliphatic rings. The molecule has 24 heavy (non-hydrogen) atoms. The smallest absolute Gasteiger partial charge is 0.114 e. The van der Waals surface area contributed by atoms with Crippen molar-refractivity contribution in [1.29, 1.82) is 0 Å². The summed E-state index contributed by atoms with van der Waals surface area (Å²) >= 11 is 0. The Hall–Kier alpha value is -0.460. The lowest BCUT2D eigenvalue weighted by atomic mass is 10.1. The molecule has 1 aliphatic heterocycles. The van der Waals surface area contributed by atoms with E-state index >= 15 is 0 Å². The molecule has 1 fully saturated rings. The van der Waals surface area contributed by atoms with Crippen LogP contribution < -0.4 is 0 Å². The molecule has 0 amide bonds. The molecule has 142 valence electrons. The summed E-state index contributed by atoms with van der Waals surface area (Å²) in [5, 5.41) is 28.4. The fourth-order valence-electron chi connectivity index (χ4n) is 2.89. The number of allylic oxidation sites excluding steroid dienone is 2. The zero-order valence-corrected chi connectivity index (χ0v) is 15.1. The molecule has 3 N–H and O–H groups in total. The predicted octanol–water partition coefficient (Wildman–Crippen LogP) is 2.57. The van der Waals surface area contributed by atoms with E-state index in [-0.39, 0.29) is 6.61 Å². The van der Waals surface area contributed by atoms with Crippen LogP contribution in [0.5, 0.6) is 0 Å². The standard InChI is InChI=1S/C19H36O5/c1-2-3-4-5-6-7-8-9-10-11-12-13-23-17-15-24-19(18(17)22)16(21)14-20/h5-6,16-22H,2-4,7-15H2,1H3/b6-5+/t16-,17+,18+,19+/m1/s1. The van der Waals surface area contributed by atoms with Crippen molar-refractivity contribution in [2.24, 2.45) is 0 Å². The second kappa shape index (κ2) is 13.8. The van der Waals surface area contributed by atoms with Crippen molar-refractivity contribution in [2.45, 2.75) is 89.1 Å². The SMILES string of the molecule is CCCC/C=C/CCCCCCCO[C@H]1CO[C@@H]([C@H](O)CO)[C@H]1O. The van der Waals surface area contributed by atoms with Crippen molar-refractivity contribution in [2.75, 3.05) is 19.8 Å². The zero-order chi connectivity index (χ0) is 17.6. The minimum absolute atomic E-state index is 0.271. The van der Waals surface area contributed by atoms with Crippen LogP contribution in [0, 0.1) is 0 Å². The van der Waals surface area contributed by atoms with Gasteiger partial charge in [0.15, 0.2) is 0 Å². The van der Waals surface area contributed by atoms with Crippen LogP contribution in [0.1, 0.15) is 64.7 Å². The topological polar surface area (TPSA) is 79.2 Å². The maximum Gasteiger partial charge on any atom is 0.114 e. The van der Waals surface area contributed by atoms with E-state index < -0.39 is 31.0 Å². The Labute approximate surface area is 146 Å². The maximum atomic E-state index is 10.00. The van der Waals surface area contributed by atoms with Crippen molar-refractivity contribution < 1.29 is 24.8 Å². The van der Waals surface area contributed by atoms with Gasteiger partial charge in [-0.2, -0.15) is 0 Å². The van der Waals surface area contributed by atoms with Crippen LogP contribution >= 0.6 is 0 Å². The first kappa shape index (κ1) is 21.6. The van der Waals surface area contributed by atoms with Gasteiger partial charge in [-0.05, 0) is 25.7 Å². The summed E-state index contributed by atoms with van der Waals surface area (Å²) in [5.41, 5.74) is 0. The Morgan fingerprint density at radius 3 is 2.46 bits per heavy atom. The van der Waals surface area contributed by atoms with Crippen molar-refractivity contribution >= 4 is 0 Å². The van der Waals surface area contributed by atoms with E-state index in [4.69, 9.17) is 14.6 Å². The lowest BCUT2D eigenvalue weighted by Gasteiger charge is -2.20. The van der Waals surface area contributed by atoms with Gasteiger partial charge in [0.05, 0.1) is 13.2 Å². The Morgan fingerprint density at radius 1 is 1.08 bits per heavy atom. The summed E-state index contributed by atoms with van der Waals surface area (Å²) in [6, 6.07) is 0. The molecule has 5 nitrogen and oxygen atoms in total. The summed E-state index contributed by atoms with van der Waals surface area (Å²) in [4.78, 5) is 0. The molecule has 0 aliphatic carbocycles. The Bertz CT molecular complexity index is 321. The van der Waals surface area contributed by atoms with E-state index in [2.05, 4.69) is 19.1 Å². The highest BCUT2D eigenvalue weighted by atomic mass is 16.6. The number of aliphatic hydroxyl groups excluding tert-OH is 3. The number of hydrogen-bond donors (Lipinski definition) is 3. The van der Waals surface area contributed by atoms with Crippen molar-refractivity contribution in [3.63, 3.8) is 0 Å². The van der Waals surface area contributed by atoms with Gasteiger partial charge in [-0.25, -0.2) is 0 Å². The van der Waals surface area contributed by atoms with Gasteiger partial charge in [-0.1, -0.05) is 51.2 Å². The molecule has 1 rings (SSSR count). The molecule has 0 saturated carbocycles. The Balaban J connectivity index is 1.93. The molecule has 0 aromatic carbocycles. The first-order valence-corrected chi connectivity index (χ1v) is 9.55. The highest BCUT2D eigenvalue weighted by Gasteiger charge is 2.40. The average Bonchev–Trinajstić information content (AvgIpc) is 2.96. The molecule has 5 heteroatoms. The average molecular weight is 344 g/mol. The highest BCUT2D eigenvalue weighted by Crippen LogP contribution is 2.20. The van der Waals surface area contributed by atoms with E-state index in [9.17, 15) is 10.2 Å². The summed E-state index contributed by atoms with van der Waals surface area (Å²) in [6.45, 7) is 2.67. The van der Waals surface area contributed by atoms with Crippen LogP contribution in [0.25, 0.3) is 0 Å². The Kier molecular flexibility index (Phi) is 12.4. The summed E-state index contributed by atoms with van der Waals surface area (Å²) in [7, 11) is 0. The summed E-state index contributed by atoms with van der Waals surface area (Å²) in [5.74, 6) is 0. The lowest BCUT2D eigenvalue weighted by Crippen LogP contribution is -2.41. The van der Waals surface area contributed by atoms with Gasteiger partial charge < -0.3 is 24.8 Å². The first-order chi connectivity index (χ1) is 11.7. The van der Waals surface area contributed by atoms with Gasteiger partial charge in [-0.15, -0.1) is 0 Å². The quantitative estimate of drug-likeness (QED) is 0.333. The second-order valence-corrected chi connectivity index (χ2v) is 6.62. The van der Waals surface area contributed by atoms with Crippen LogP contribution in [0.2, 0.25) is 0 Å². The molecule has 1 heterocycles. The van der Waals surface area contributed by atoms with Gasteiger partial charge >= 0.3 is 0 Å². The fourth-order valence-corrected chi connectivity index (χ4v) is 2.89. The van der Waals surface area contributed by atoms with Crippen LogP contribution in [-0.4, -0.2) is 59.6 Å². The summed E-state index contributed by atoms with van der Waals surface area (Å²) in [6.07, 6.45) is 12.3. The van der Waals surface area contributed by atoms with Gasteiger partial charge in [0.2, 0.25) is 0 Å². The predicted molar refractivity (Wildman–Crippen MR) is 94.9 cm³/mol. The van der Waals surface area contributed by atoms with Gasteiger partial charge in [-0.3, -0.25) is 0 Å². The van der Waals surface area contributed by atoms with Crippen molar-refractivity contribution in [3.05, 3.63) is 12.2 Å². The van der Waals surface area contributed by atoms with Crippen molar-refractivity contribution in [3.8, 4) is 0 Å². The van der Waals surface area contributed by atoms with Gasteiger partial charge in [0.25, 0.3) is 0 Å². The Morgan fingerprint density at radius 2 is 1.75 bits per heavy atom. The third-order valence-electron chi connectivity index (χ3n) is 4.47. The van der Waals surface area contributed by atoms with E-state index in [0.717, 1.165) is 12.8 Å². The second-order valence-electron chi connectivity index (χ2n) is 6.62. The number of ether oxygens (including phenoxy) is 2. The molecule has 0 aromatic rings. The van der Waals surface area contributed by atoms with Crippen LogP contribution in [0.3, 0.4) is 0 Å². The monoisotopic (exact) mass is 344 g/mol. The summed E-state index contributed by atoms with van der Waals surface area (Å²) < 4.78 is 10.9. The van der Waals surface area contributed by atoms with Gasteiger partial charge in [0.1, 0.15) is 24.4 Å². The van der Waals surface area contributed by atoms with E-state index in [1.807, 2.05) is 0 Å². The largest absolute Gasteiger partial charge is 0.394 e. The minimum atomic E-state index is -1.05. The van der Waals surface area contributed by atoms with E-state index in [1.165, 1.54) is 44.9 Å². The third kappa shape index (κ3) is 8.58. The van der Waals surface area contributed by atoms with Crippen LogP contribution in [0.15, 0.2) is 12.2 Å². The lowest BCUT2D eigenvalue weighted by molar-refractivity contribution is -0.0730. The number of unbranched alkanes of at least 4 members (excludes halogenated alkanes) is 7. The molecule has 0 aromatic heterocycles. The number of rotatable bonds is 14. The van der Waals surface area contributed by atoms with E-state index in [0.29, 0.717) is 6.61 Å². The van der Waals surface area contributed by atoms with E-state index in [1.54, 1.807) is 0 Å². The zero-order valence-electron chi connectivity index (χ0n) is 15.1. The van der Waals surface area contributed by atoms with Crippen LogP contribution in [0.4, 0.5) is 0 Å². The normalized spacial score (nSPS) is 25.6. The fraction of sp³-hybridized carbons (Fsp3) is 0.895. The molecular weight excluding hydrogens is 308 g/mol. The van der Waals surface area contributed by atoms with Crippen molar-refractivity contribution in [1.82, 2.24) is 0 Å². The highest BCUT2D eigenvalue weighted by molar-refractivity contribution is 4.88. The number of hydrogen-bond acceptors (Lipinski definition) is 5. The molecule has 1 saturated heterocycles. The third-order valence-corrected chi connectivity index (χ3v) is 4.47. The molecular formula is C19H36O5. The molecule has 4 atom stereocenters. The number of aliphatic hydroxyl groups is 3. The molecule has 0 bridgehead atoms. The molecule has 0 unspecified atom stereocenters.